The second-order valence-corrected chi connectivity index (χ2v) is 10.1. The Labute approximate surface area is 186 Å². The summed E-state index contributed by atoms with van der Waals surface area (Å²) in [4.78, 5) is 18.7. The predicted octanol–water partition coefficient (Wildman–Crippen LogP) is 3.37. The minimum Gasteiger partial charge on any atom is -0.295 e. The molecule has 3 aliphatic heterocycles. The van der Waals surface area contributed by atoms with Crippen molar-refractivity contribution in [2.24, 2.45) is 0 Å². The maximum atomic E-state index is 13.9. The lowest BCUT2D eigenvalue weighted by Crippen LogP contribution is -2.73. The van der Waals surface area contributed by atoms with Crippen molar-refractivity contribution in [2.75, 3.05) is 31.7 Å². The van der Waals surface area contributed by atoms with E-state index in [1.165, 1.54) is 11.1 Å². The lowest BCUT2D eigenvalue weighted by atomic mass is 9.79. The Morgan fingerprint density at radius 2 is 1.81 bits per heavy atom. The van der Waals surface area contributed by atoms with Crippen molar-refractivity contribution in [3.05, 3.63) is 72.1 Å². The molecule has 1 radical (unpaired) electrons. The largest absolute Gasteiger partial charge is 0.295 e. The molecule has 0 saturated carbocycles. The topological polar surface area (TPSA) is 38.8 Å². The highest BCUT2D eigenvalue weighted by molar-refractivity contribution is 5.89. The molecule has 5 heteroatoms. The smallest absolute Gasteiger partial charge is 0.260 e. The van der Waals surface area contributed by atoms with Crippen LogP contribution in [0.2, 0.25) is 0 Å². The molecule has 2 aromatic carbocycles. The third kappa shape index (κ3) is 3.54. The minimum absolute atomic E-state index is 0.0145. The Morgan fingerprint density at radius 3 is 2.61 bits per heavy atom. The molecule has 0 aliphatic carbocycles. The first kappa shape index (κ1) is 20.5. The van der Waals surface area contributed by atoms with Crippen LogP contribution in [0.25, 0.3) is 0 Å². The zero-order valence-electron chi connectivity index (χ0n) is 18.8. The molecule has 31 heavy (non-hydrogen) atoms. The number of piperazine rings is 1. The highest BCUT2D eigenvalue weighted by Crippen LogP contribution is 2.40. The van der Waals surface area contributed by atoms with Gasteiger partial charge in [0.05, 0.1) is 5.69 Å². The molecule has 2 bridgehead atoms. The number of carbonyl (C=O) groups excluding carboxylic acids is 1. The van der Waals surface area contributed by atoms with Crippen molar-refractivity contribution >= 4 is 11.6 Å². The van der Waals surface area contributed by atoms with Crippen LogP contribution in [0.5, 0.6) is 0 Å². The van der Waals surface area contributed by atoms with Gasteiger partial charge in [-0.1, -0.05) is 62.4 Å². The number of amides is 1. The van der Waals surface area contributed by atoms with Gasteiger partial charge >= 0.3 is 0 Å². The number of carbonyl (C=O) groups is 1. The third-order valence-corrected chi connectivity index (χ3v) is 7.48. The summed E-state index contributed by atoms with van der Waals surface area (Å²) in [6, 6.07) is 19.4. The monoisotopic (exact) mass is 417 g/mol. The van der Waals surface area contributed by atoms with Gasteiger partial charge in [0.1, 0.15) is 5.54 Å². The quantitative estimate of drug-likeness (QED) is 0.828. The number of benzene rings is 2. The average Bonchev–Trinajstić information content (AvgIpc) is 3.00. The summed E-state index contributed by atoms with van der Waals surface area (Å²) in [5.74, 6) is 0.112. The molecule has 2 aromatic rings. The van der Waals surface area contributed by atoms with Crippen LogP contribution < -0.4 is 10.4 Å². The SMILES string of the molecule is CN1C2C[CH]CC1(C(=O)NN1CC(C)(C)c3ccccc31)CN(Cc1ccccc1)C2. The summed E-state index contributed by atoms with van der Waals surface area (Å²) in [6.45, 7) is 7.91. The minimum atomic E-state index is -0.530. The van der Waals surface area contributed by atoms with Crippen LogP contribution >= 0.6 is 0 Å². The van der Waals surface area contributed by atoms with E-state index in [9.17, 15) is 4.79 Å². The fourth-order valence-corrected chi connectivity index (χ4v) is 5.73. The second kappa shape index (κ2) is 7.64. The molecule has 163 valence electrons. The van der Waals surface area contributed by atoms with Crippen molar-refractivity contribution in [1.29, 1.82) is 0 Å². The van der Waals surface area contributed by atoms with Crippen LogP contribution in [0.15, 0.2) is 54.6 Å². The maximum absolute atomic E-state index is 13.9. The van der Waals surface area contributed by atoms with E-state index < -0.39 is 5.54 Å². The Kier molecular flexibility index (Phi) is 5.06. The number of nitrogens with one attached hydrogen (secondary N) is 1. The highest BCUT2D eigenvalue weighted by atomic mass is 16.2. The van der Waals surface area contributed by atoms with E-state index in [-0.39, 0.29) is 11.3 Å². The zero-order chi connectivity index (χ0) is 21.6. The van der Waals surface area contributed by atoms with E-state index in [2.05, 4.69) is 102 Å². The standard InChI is InChI=1S/C26H33N4O/c1-25(2)18-30(23-14-8-7-13-22(23)25)27-24(31)26-15-9-12-21(28(26)3)17-29(19-26)16-20-10-5-4-6-11-20/h4-11,13-14,21H,12,15-19H2,1-3H3,(H,27,31). The molecule has 3 aliphatic rings. The Bertz CT molecular complexity index is 959. The van der Waals surface area contributed by atoms with Gasteiger partial charge in [0.15, 0.2) is 0 Å². The van der Waals surface area contributed by atoms with E-state index in [1.807, 2.05) is 0 Å². The first-order valence-corrected chi connectivity index (χ1v) is 11.4. The van der Waals surface area contributed by atoms with E-state index in [0.717, 1.165) is 44.7 Å². The Hall–Kier alpha value is -2.37. The van der Waals surface area contributed by atoms with Crippen LogP contribution in [0.3, 0.4) is 0 Å². The lowest BCUT2D eigenvalue weighted by Gasteiger charge is -2.55. The van der Waals surface area contributed by atoms with Gasteiger partial charge in [-0.25, -0.2) is 0 Å². The molecule has 1 amide bonds. The maximum Gasteiger partial charge on any atom is 0.260 e. The summed E-state index contributed by atoms with van der Waals surface area (Å²) >= 11 is 0. The molecule has 0 spiro atoms. The van der Waals surface area contributed by atoms with Crippen LogP contribution in [0, 0.1) is 6.42 Å². The molecule has 2 atom stereocenters. The van der Waals surface area contributed by atoms with Crippen LogP contribution in [0.4, 0.5) is 5.69 Å². The zero-order valence-corrected chi connectivity index (χ0v) is 18.8. The average molecular weight is 418 g/mol. The summed E-state index contributed by atoms with van der Waals surface area (Å²) < 4.78 is 0. The molecule has 0 aromatic heterocycles. The van der Waals surface area contributed by atoms with Crippen LogP contribution in [-0.4, -0.2) is 54.0 Å². The van der Waals surface area contributed by atoms with Gasteiger partial charge in [0.25, 0.3) is 5.91 Å². The fourth-order valence-electron chi connectivity index (χ4n) is 5.73. The third-order valence-electron chi connectivity index (χ3n) is 7.48. The summed E-state index contributed by atoms with van der Waals surface area (Å²) in [6.07, 6.45) is 4.15. The number of fused-ring (bicyclic) bond motifs is 3. The molecular formula is C26H33N4O. The molecule has 1 N–H and O–H groups in total. The molecule has 3 heterocycles. The van der Waals surface area contributed by atoms with E-state index in [4.69, 9.17) is 0 Å². The highest BCUT2D eigenvalue weighted by Gasteiger charge is 2.52. The van der Waals surface area contributed by atoms with Crippen LogP contribution in [-0.2, 0) is 16.8 Å². The van der Waals surface area contributed by atoms with Crippen molar-refractivity contribution in [3.63, 3.8) is 0 Å². The van der Waals surface area contributed by atoms with Gasteiger partial charge in [0.2, 0.25) is 0 Å². The summed E-state index contributed by atoms with van der Waals surface area (Å²) in [7, 11) is 2.14. The van der Waals surface area contributed by atoms with Gasteiger partial charge in [-0.3, -0.25) is 25.0 Å². The number of para-hydroxylation sites is 1. The second-order valence-electron chi connectivity index (χ2n) is 10.1. The van der Waals surface area contributed by atoms with Gasteiger partial charge in [-0.2, -0.15) is 0 Å². The number of rotatable bonds is 4. The molecule has 2 saturated heterocycles. The number of piperidine rings is 1. The molecule has 5 nitrogen and oxygen atoms in total. The van der Waals surface area contributed by atoms with Crippen molar-refractivity contribution in [2.45, 2.75) is 50.2 Å². The number of hydrogen-bond donors (Lipinski definition) is 1. The van der Waals surface area contributed by atoms with Crippen LogP contribution in [0.1, 0.15) is 37.8 Å². The van der Waals surface area contributed by atoms with Gasteiger partial charge < -0.3 is 0 Å². The summed E-state index contributed by atoms with van der Waals surface area (Å²) in [5.41, 5.74) is 6.53. The molecule has 5 rings (SSSR count). The molecule has 2 unspecified atom stereocenters. The van der Waals surface area contributed by atoms with Gasteiger partial charge in [0, 0.05) is 37.6 Å². The van der Waals surface area contributed by atoms with Gasteiger partial charge in [-0.15, -0.1) is 0 Å². The molecule has 2 fully saturated rings. The van der Waals surface area contributed by atoms with E-state index >= 15 is 0 Å². The number of likely N-dealkylation sites (N-methyl/N-ethyl adjacent to an activating group) is 1. The van der Waals surface area contributed by atoms with Gasteiger partial charge in [-0.05, 0) is 43.5 Å². The fraction of sp³-hybridized carbons (Fsp3) is 0.462. The first-order chi connectivity index (χ1) is 14.9. The summed E-state index contributed by atoms with van der Waals surface area (Å²) in [5, 5.41) is 2.07. The predicted molar refractivity (Wildman–Crippen MR) is 124 cm³/mol. The van der Waals surface area contributed by atoms with Crippen molar-refractivity contribution in [3.8, 4) is 0 Å². The number of hydrogen-bond acceptors (Lipinski definition) is 4. The normalized spacial score (nSPS) is 27.7. The van der Waals surface area contributed by atoms with E-state index in [0.29, 0.717) is 6.04 Å². The number of likely N-dealkylation sites (tertiary alicyclic amines) is 1. The Morgan fingerprint density at radius 1 is 1.06 bits per heavy atom. The van der Waals surface area contributed by atoms with Crippen molar-refractivity contribution < 1.29 is 4.79 Å². The van der Waals surface area contributed by atoms with Crippen molar-refractivity contribution in [1.82, 2.24) is 15.2 Å². The first-order valence-electron chi connectivity index (χ1n) is 11.4. The Balaban J connectivity index is 1.39. The lowest BCUT2D eigenvalue weighted by molar-refractivity contribution is -0.144. The number of hydrazine groups is 1. The number of anilines is 1. The van der Waals surface area contributed by atoms with E-state index in [1.54, 1.807) is 0 Å². The molecular weight excluding hydrogens is 384 g/mol. The number of nitrogens with zero attached hydrogens (tertiary/aromatic N) is 3.